The lowest BCUT2D eigenvalue weighted by molar-refractivity contribution is -0.395. The maximum absolute atomic E-state index is 5.71. The second-order valence-corrected chi connectivity index (χ2v) is 3.47. The lowest BCUT2D eigenvalue weighted by Crippen LogP contribution is -2.44. The average Bonchev–Trinajstić information content (AvgIpc) is 2.53. The molecule has 0 aliphatic carbocycles. The van der Waals surface area contributed by atoms with E-state index in [0.29, 0.717) is 12.5 Å². The molecule has 12 heavy (non-hydrogen) atoms. The van der Waals surface area contributed by atoms with E-state index in [2.05, 4.69) is 0 Å². The van der Waals surface area contributed by atoms with Crippen LogP contribution >= 0.6 is 11.6 Å². The molecule has 4 heteroatoms. The number of alkyl halides is 1. The van der Waals surface area contributed by atoms with Crippen LogP contribution in [0.1, 0.15) is 19.3 Å². The molecular formula is C8H13ClO3. The first kappa shape index (κ1) is 8.75. The van der Waals surface area contributed by atoms with Crippen LogP contribution in [-0.4, -0.2) is 31.2 Å². The molecule has 0 amide bonds. The van der Waals surface area contributed by atoms with Crippen molar-refractivity contribution in [1.29, 1.82) is 0 Å². The number of ether oxygens (including phenoxy) is 3. The molecule has 0 N–H and O–H groups in total. The molecule has 0 bridgehead atoms. The Morgan fingerprint density at radius 3 is 2.83 bits per heavy atom. The van der Waals surface area contributed by atoms with Gasteiger partial charge in [-0.25, -0.2) is 0 Å². The number of hydrogen-bond donors (Lipinski definition) is 0. The largest absolute Gasteiger partial charge is 0.327 e. The summed E-state index contributed by atoms with van der Waals surface area (Å²) in [5, 5.41) is 0. The number of rotatable bonds is 1. The molecule has 2 unspecified atom stereocenters. The molecule has 0 saturated carbocycles. The van der Waals surface area contributed by atoms with Gasteiger partial charge in [0.1, 0.15) is 0 Å². The third kappa shape index (κ3) is 1.59. The zero-order valence-corrected chi connectivity index (χ0v) is 7.68. The van der Waals surface area contributed by atoms with Gasteiger partial charge in [-0.1, -0.05) is 0 Å². The monoisotopic (exact) mass is 192 g/mol. The lowest BCUT2D eigenvalue weighted by atomic mass is 10.2. The molecular weight excluding hydrogens is 180 g/mol. The Labute approximate surface area is 76.9 Å². The minimum Gasteiger partial charge on any atom is -0.327 e. The van der Waals surface area contributed by atoms with E-state index >= 15 is 0 Å². The van der Waals surface area contributed by atoms with Crippen LogP contribution in [0.3, 0.4) is 0 Å². The van der Waals surface area contributed by atoms with E-state index in [1.807, 2.05) is 0 Å². The fraction of sp³-hybridized carbons (Fsp3) is 1.00. The smallest absolute Gasteiger partial charge is 0.283 e. The Morgan fingerprint density at radius 2 is 2.17 bits per heavy atom. The van der Waals surface area contributed by atoms with Crippen molar-refractivity contribution in [2.75, 3.05) is 19.1 Å². The SMILES string of the molecule is ClCC1CCOC2(CCCO2)O1. The fourth-order valence-electron chi connectivity index (χ4n) is 1.60. The van der Waals surface area contributed by atoms with Gasteiger partial charge in [-0.05, 0) is 12.8 Å². The maximum atomic E-state index is 5.71. The minimum absolute atomic E-state index is 0.0958. The first-order valence-corrected chi connectivity index (χ1v) is 4.90. The van der Waals surface area contributed by atoms with Crippen molar-refractivity contribution in [3.8, 4) is 0 Å². The molecule has 0 radical (unpaired) electrons. The number of hydrogen-bond acceptors (Lipinski definition) is 3. The fourth-order valence-corrected chi connectivity index (χ4v) is 1.81. The maximum Gasteiger partial charge on any atom is 0.283 e. The zero-order chi connectivity index (χ0) is 8.44. The Bertz CT molecular complexity index is 156. The van der Waals surface area contributed by atoms with Crippen LogP contribution in [0.25, 0.3) is 0 Å². The van der Waals surface area contributed by atoms with E-state index in [9.17, 15) is 0 Å². The second kappa shape index (κ2) is 3.50. The van der Waals surface area contributed by atoms with E-state index in [4.69, 9.17) is 25.8 Å². The van der Waals surface area contributed by atoms with Gasteiger partial charge in [-0.15, -0.1) is 11.6 Å². The van der Waals surface area contributed by atoms with Crippen LogP contribution in [0.15, 0.2) is 0 Å². The molecule has 1 spiro atoms. The lowest BCUT2D eigenvalue weighted by Gasteiger charge is -2.36. The minimum atomic E-state index is -0.738. The van der Waals surface area contributed by atoms with Gasteiger partial charge in [0.2, 0.25) is 0 Å². The highest BCUT2D eigenvalue weighted by molar-refractivity contribution is 6.18. The summed E-state index contributed by atoms with van der Waals surface area (Å²) >= 11 is 5.71. The second-order valence-electron chi connectivity index (χ2n) is 3.17. The molecule has 3 nitrogen and oxygen atoms in total. The van der Waals surface area contributed by atoms with Gasteiger partial charge in [-0.2, -0.15) is 0 Å². The summed E-state index contributed by atoms with van der Waals surface area (Å²) in [6.07, 6.45) is 2.81. The highest BCUT2D eigenvalue weighted by Crippen LogP contribution is 2.33. The van der Waals surface area contributed by atoms with Crippen molar-refractivity contribution in [2.45, 2.75) is 31.3 Å². The van der Waals surface area contributed by atoms with Crippen molar-refractivity contribution in [3.63, 3.8) is 0 Å². The van der Waals surface area contributed by atoms with Crippen molar-refractivity contribution in [1.82, 2.24) is 0 Å². The quantitative estimate of drug-likeness (QED) is 0.590. The molecule has 2 heterocycles. The standard InChI is InChI=1S/C8H13ClO3/c9-6-7-2-5-11-8(12-7)3-1-4-10-8/h7H,1-6H2. The molecule has 2 rings (SSSR count). The van der Waals surface area contributed by atoms with Crippen molar-refractivity contribution in [3.05, 3.63) is 0 Å². The van der Waals surface area contributed by atoms with Crippen LogP contribution in [0.4, 0.5) is 0 Å². The predicted molar refractivity (Wildman–Crippen MR) is 44.1 cm³/mol. The third-order valence-electron chi connectivity index (χ3n) is 2.23. The molecule has 0 aromatic carbocycles. The van der Waals surface area contributed by atoms with E-state index in [0.717, 1.165) is 25.9 Å². The van der Waals surface area contributed by atoms with Gasteiger partial charge in [-0.3, -0.25) is 0 Å². The molecule has 2 atom stereocenters. The van der Waals surface area contributed by atoms with Crippen molar-refractivity contribution in [2.24, 2.45) is 0 Å². The van der Waals surface area contributed by atoms with Gasteiger partial charge >= 0.3 is 0 Å². The van der Waals surface area contributed by atoms with E-state index in [-0.39, 0.29) is 6.10 Å². The number of halogens is 1. The molecule has 0 aromatic rings. The van der Waals surface area contributed by atoms with Gasteiger partial charge in [0.25, 0.3) is 5.97 Å². The summed E-state index contributed by atoms with van der Waals surface area (Å²) in [5.74, 6) is -0.216. The third-order valence-corrected chi connectivity index (χ3v) is 2.57. The van der Waals surface area contributed by atoms with Gasteiger partial charge in [0.15, 0.2) is 0 Å². The topological polar surface area (TPSA) is 27.7 Å². The molecule has 70 valence electrons. The van der Waals surface area contributed by atoms with E-state index < -0.39 is 5.97 Å². The van der Waals surface area contributed by atoms with E-state index in [1.165, 1.54) is 0 Å². The normalized spacial score (nSPS) is 42.2. The summed E-state index contributed by atoms with van der Waals surface area (Å²) in [6.45, 7) is 1.42. The summed E-state index contributed by atoms with van der Waals surface area (Å²) in [4.78, 5) is 0. The molecule has 2 fully saturated rings. The average molecular weight is 193 g/mol. The van der Waals surface area contributed by atoms with Gasteiger partial charge in [0, 0.05) is 12.3 Å². The summed E-state index contributed by atoms with van der Waals surface area (Å²) in [7, 11) is 0. The van der Waals surface area contributed by atoms with Gasteiger partial charge in [0.05, 0.1) is 19.3 Å². The van der Waals surface area contributed by atoms with Crippen molar-refractivity contribution < 1.29 is 14.2 Å². The van der Waals surface area contributed by atoms with Crippen LogP contribution in [-0.2, 0) is 14.2 Å². The Hall–Kier alpha value is 0.170. The Morgan fingerprint density at radius 1 is 1.33 bits per heavy atom. The zero-order valence-electron chi connectivity index (χ0n) is 6.92. The van der Waals surface area contributed by atoms with Crippen LogP contribution < -0.4 is 0 Å². The Kier molecular flexibility index (Phi) is 2.55. The van der Waals surface area contributed by atoms with Crippen molar-refractivity contribution >= 4 is 11.6 Å². The molecule has 2 aliphatic heterocycles. The van der Waals surface area contributed by atoms with Crippen LogP contribution in [0.5, 0.6) is 0 Å². The summed E-state index contributed by atoms with van der Waals surface area (Å²) in [5.41, 5.74) is 0. The first-order chi connectivity index (χ1) is 5.85. The van der Waals surface area contributed by atoms with Gasteiger partial charge < -0.3 is 14.2 Å². The predicted octanol–water partition coefficient (Wildman–Crippen LogP) is 1.49. The van der Waals surface area contributed by atoms with Crippen LogP contribution in [0.2, 0.25) is 0 Å². The van der Waals surface area contributed by atoms with E-state index in [1.54, 1.807) is 0 Å². The molecule has 2 aliphatic rings. The first-order valence-electron chi connectivity index (χ1n) is 4.36. The molecule has 2 saturated heterocycles. The van der Waals surface area contributed by atoms with Crippen LogP contribution in [0, 0.1) is 0 Å². The highest BCUT2D eigenvalue weighted by Gasteiger charge is 2.42. The Balaban J connectivity index is 1.97. The summed E-state index contributed by atoms with van der Waals surface area (Å²) in [6, 6.07) is 0. The highest BCUT2D eigenvalue weighted by atomic mass is 35.5. The summed E-state index contributed by atoms with van der Waals surface area (Å²) < 4.78 is 16.5. The molecule has 0 aromatic heterocycles.